The van der Waals surface area contributed by atoms with Crippen LogP contribution in [-0.4, -0.2) is 24.9 Å². The third-order valence-electron chi connectivity index (χ3n) is 4.93. The van der Waals surface area contributed by atoms with E-state index in [1.54, 1.807) is 7.11 Å². The van der Waals surface area contributed by atoms with E-state index in [0.29, 0.717) is 6.42 Å². The molecule has 0 amide bonds. The number of rotatable bonds is 3. The number of benzene rings is 1. The first-order valence-electron chi connectivity index (χ1n) is 7.17. The lowest BCUT2D eigenvalue weighted by Gasteiger charge is -2.41. The van der Waals surface area contributed by atoms with Crippen molar-refractivity contribution in [2.45, 2.75) is 30.8 Å². The van der Waals surface area contributed by atoms with Crippen molar-refractivity contribution in [1.29, 1.82) is 0 Å². The van der Waals surface area contributed by atoms with E-state index in [2.05, 4.69) is 24.3 Å². The lowest BCUT2D eigenvalue weighted by atomic mass is 9.61. The van der Waals surface area contributed by atoms with Gasteiger partial charge in [0.15, 0.2) is 11.5 Å². The van der Waals surface area contributed by atoms with Gasteiger partial charge >= 0.3 is 0 Å². The van der Waals surface area contributed by atoms with Gasteiger partial charge in [-0.3, -0.25) is 0 Å². The highest BCUT2D eigenvalue weighted by Crippen LogP contribution is 2.59. The van der Waals surface area contributed by atoms with E-state index in [1.165, 1.54) is 16.7 Å². The molecule has 0 fully saturated rings. The van der Waals surface area contributed by atoms with Gasteiger partial charge in [0.1, 0.15) is 6.10 Å². The molecule has 0 saturated carbocycles. The van der Waals surface area contributed by atoms with Gasteiger partial charge in [-0.25, -0.2) is 0 Å². The van der Waals surface area contributed by atoms with Crippen LogP contribution in [0, 0.1) is 0 Å². The Labute approximate surface area is 118 Å². The quantitative estimate of drug-likeness (QED) is 0.917. The third kappa shape index (κ3) is 1.29. The lowest BCUT2D eigenvalue weighted by Crippen LogP contribution is -2.43. The first kappa shape index (κ1) is 12.0. The second-order valence-electron chi connectivity index (χ2n) is 5.69. The Balaban J connectivity index is 2.02. The average molecular weight is 270 g/mol. The van der Waals surface area contributed by atoms with Gasteiger partial charge in [0.25, 0.3) is 0 Å². The molecule has 20 heavy (non-hydrogen) atoms. The topological polar surface area (TPSA) is 38.7 Å². The number of methoxy groups -OCH3 is 1. The smallest absolute Gasteiger partial charge is 0.166 e. The Bertz CT molecular complexity index is 629. The molecule has 4 rings (SSSR count). The molecule has 1 heterocycles. The minimum atomic E-state index is -0.180. The molecule has 1 aromatic rings. The van der Waals surface area contributed by atoms with E-state index in [1.807, 2.05) is 6.07 Å². The van der Waals surface area contributed by atoms with Crippen LogP contribution in [-0.2, 0) is 11.8 Å². The van der Waals surface area contributed by atoms with Crippen molar-refractivity contribution in [2.24, 2.45) is 0 Å². The van der Waals surface area contributed by atoms with Crippen LogP contribution in [0.5, 0.6) is 11.5 Å². The van der Waals surface area contributed by atoms with Gasteiger partial charge in [-0.1, -0.05) is 23.8 Å². The molecule has 0 radical (unpaired) electrons. The van der Waals surface area contributed by atoms with E-state index in [4.69, 9.17) is 9.47 Å². The zero-order valence-electron chi connectivity index (χ0n) is 11.6. The Kier molecular flexibility index (Phi) is 2.48. The molecule has 0 saturated heterocycles. The van der Waals surface area contributed by atoms with Crippen LogP contribution < -0.4 is 9.47 Å². The summed E-state index contributed by atoms with van der Waals surface area (Å²) in [5.74, 6) is 1.67. The highest BCUT2D eigenvalue weighted by atomic mass is 16.5. The highest BCUT2D eigenvalue weighted by molar-refractivity contribution is 5.65. The minimum Gasteiger partial charge on any atom is -0.493 e. The first-order chi connectivity index (χ1) is 9.81. The molecule has 1 aromatic carbocycles. The van der Waals surface area contributed by atoms with Gasteiger partial charge in [-0.15, -0.1) is 0 Å². The minimum absolute atomic E-state index is 0.0139. The lowest BCUT2D eigenvalue weighted by molar-refractivity contribution is 0.165. The summed E-state index contributed by atoms with van der Waals surface area (Å²) in [6, 6.07) is 4.15. The molecule has 104 valence electrons. The molecule has 3 aliphatic rings. The standard InChI is InChI=1S/C17H18O3/c1-19-13-8-6-11-5-7-12-3-2-4-14-17(12,9-10-18)15(11)16(13)20-14/h2-4,6,8,14,18H,5,7,9-10H2,1H3/t14-,17+/m0/s1. The van der Waals surface area contributed by atoms with Gasteiger partial charge in [-0.2, -0.15) is 0 Å². The molecular weight excluding hydrogens is 252 g/mol. The molecule has 1 aliphatic heterocycles. The summed E-state index contributed by atoms with van der Waals surface area (Å²) in [5.41, 5.74) is 3.79. The summed E-state index contributed by atoms with van der Waals surface area (Å²) >= 11 is 0. The van der Waals surface area contributed by atoms with Crippen molar-refractivity contribution >= 4 is 0 Å². The molecule has 2 aliphatic carbocycles. The molecule has 0 spiro atoms. The number of hydrogen-bond acceptors (Lipinski definition) is 3. The number of allylic oxidation sites excluding steroid dienone is 2. The van der Waals surface area contributed by atoms with Crippen LogP contribution in [0.25, 0.3) is 0 Å². The molecule has 0 aromatic heterocycles. The summed E-state index contributed by atoms with van der Waals surface area (Å²) in [5, 5.41) is 9.61. The third-order valence-corrected chi connectivity index (χ3v) is 4.93. The zero-order valence-corrected chi connectivity index (χ0v) is 11.6. The average Bonchev–Trinajstić information content (AvgIpc) is 2.81. The summed E-state index contributed by atoms with van der Waals surface area (Å²) in [6.45, 7) is 0.168. The Morgan fingerprint density at radius 2 is 2.30 bits per heavy atom. The normalized spacial score (nSPS) is 28.7. The molecule has 2 atom stereocenters. The van der Waals surface area contributed by atoms with Crippen LogP contribution >= 0.6 is 0 Å². The Hall–Kier alpha value is -1.74. The molecule has 3 nitrogen and oxygen atoms in total. The first-order valence-corrected chi connectivity index (χ1v) is 7.17. The van der Waals surface area contributed by atoms with Crippen LogP contribution in [0.1, 0.15) is 24.0 Å². The fraction of sp³-hybridized carbons (Fsp3) is 0.412. The van der Waals surface area contributed by atoms with Gasteiger partial charge in [-0.05, 0) is 37.0 Å². The van der Waals surface area contributed by atoms with E-state index >= 15 is 0 Å². The fourth-order valence-electron chi connectivity index (χ4n) is 4.10. The van der Waals surface area contributed by atoms with Gasteiger partial charge in [0.05, 0.1) is 12.5 Å². The second kappa shape index (κ2) is 4.13. The summed E-state index contributed by atoms with van der Waals surface area (Å²) in [4.78, 5) is 0. The van der Waals surface area contributed by atoms with E-state index in [9.17, 15) is 5.11 Å². The molecule has 1 N–H and O–H groups in total. The van der Waals surface area contributed by atoms with Crippen LogP contribution in [0.15, 0.2) is 35.9 Å². The second-order valence-corrected chi connectivity index (χ2v) is 5.69. The van der Waals surface area contributed by atoms with Gasteiger partial charge in [0, 0.05) is 12.2 Å². The van der Waals surface area contributed by atoms with Crippen molar-refractivity contribution in [3.8, 4) is 11.5 Å². The maximum atomic E-state index is 9.61. The van der Waals surface area contributed by atoms with Crippen LogP contribution in [0.2, 0.25) is 0 Å². The van der Waals surface area contributed by atoms with Gasteiger partial charge in [0.2, 0.25) is 0 Å². The van der Waals surface area contributed by atoms with Crippen molar-refractivity contribution in [3.05, 3.63) is 47.1 Å². The molecule has 0 bridgehead atoms. The van der Waals surface area contributed by atoms with Crippen molar-refractivity contribution in [1.82, 2.24) is 0 Å². The predicted molar refractivity (Wildman–Crippen MR) is 76.3 cm³/mol. The monoisotopic (exact) mass is 270 g/mol. The highest BCUT2D eigenvalue weighted by Gasteiger charge is 2.54. The van der Waals surface area contributed by atoms with Gasteiger partial charge < -0.3 is 14.6 Å². The number of aryl methyl sites for hydroxylation is 1. The summed E-state index contributed by atoms with van der Waals surface area (Å²) in [6.07, 6.45) is 9.17. The molecular formula is C17H18O3. The van der Waals surface area contributed by atoms with Crippen LogP contribution in [0.4, 0.5) is 0 Å². The predicted octanol–water partition coefficient (Wildman–Crippen LogP) is 2.52. The van der Waals surface area contributed by atoms with Crippen molar-refractivity contribution in [3.63, 3.8) is 0 Å². The maximum absolute atomic E-state index is 9.61. The number of aliphatic hydroxyl groups is 1. The number of hydrogen-bond donors (Lipinski definition) is 1. The zero-order chi connectivity index (χ0) is 13.7. The SMILES string of the molecule is COc1ccc2c3c1O[C@H]1C=CC=C(CC2)[C@@]31CCO. The maximum Gasteiger partial charge on any atom is 0.166 e. The Morgan fingerprint density at radius 1 is 1.40 bits per heavy atom. The van der Waals surface area contributed by atoms with Crippen molar-refractivity contribution < 1.29 is 14.6 Å². The van der Waals surface area contributed by atoms with Crippen molar-refractivity contribution in [2.75, 3.05) is 13.7 Å². The van der Waals surface area contributed by atoms with E-state index in [0.717, 1.165) is 24.3 Å². The molecule has 3 heteroatoms. The summed E-state index contributed by atoms with van der Waals surface area (Å²) < 4.78 is 11.7. The Morgan fingerprint density at radius 3 is 3.10 bits per heavy atom. The number of ether oxygens (including phenoxy) is 2. The fourth-order valence-corrected chi connectivity index (χ4v) is 4.10. The molecule has 0 unspecified atom stereocenters. The summed E-state index contributed by atoms with van der Waals surface area (Å²) in [7, 11) is 1.68. The largest absolute Gasteiger partial charge is 0.493 e. The van der Waals surface area contributed by atoms with E-state index in [-0.39, 0.29) is 18.1 Å². The number of aliphatic hydroxyl groups excluding tert-OH is 1. The van der Waals surface area contributed by atoms with Crippen LogP contribution in [0.3, 0.4) is 0 Å². The van der Waals surface area contributed by atoms with E-state index < -0.39 is 0 Å².